The number of hydrogen-bond acceptors (Lipinski definition) is 2. The third-order valence-corrected chi connectivity index (χ3v) is 5.39. The zero-order chi connectivity index (χ0) is 14.8. The van der Waals surface area contributed by atoms with E-state index in [0.29, 0.717) is 22.6 Å². The van der Waals surface area contributed by atoms with Crippen LogP contribution < -0.4 is 0 Å². The van der Waals surface area contributed by atoms with Crippen LogP contribution in [0.4, 0.5) is 8.78 Å². The minimum atomic E-state index is -0.809. The van der Waals surface area contributed by atoms with Crippen molar-refractivity contribution < 1.29 is 18.3 Å². The number of rotatable bonds is 2. The molecule has 4 unspecified atom stereocenters. The molecule has 4 atom stereocenters. The highest BCUT2D eigenvalue weighted by atomic mass is 127. The van der Waals surface area contributed by atoms with E-state index in [1.165, 1.54) is 18.6 Å². The summed E-state index contributed by atoms with van der Waals surface area (Å²) in [6.07, 6.45) is 4.31. The van der Waals surface area contributed by atoms with Gasteiger partial charge in [0.2, 0.25) is 0 Å². The molecular formula is C16H19F2IO2. The molecule has 0 aromatic heterocycles. The molecule has 0 N–H and O–H groups in total. The molecule has 116 valence electrons. The first kappa shape index (κ1) is 15.6. The topological polar surface area (TPSA) is 18.5 Å². The second-order valence-corrected chi connectivity index (χ2v) is 7.64. The van der Waals surface area contributed by atoms with Crippen LogP contribution in [0.25, 0.3) is 0 Å². The molecule has 2 nitrogen and oxygen atoms in total. The fourth-order valence-electron chi connectivity index (χ4n) is 3.15. The van der Waals surface area contributed by atoms with Gasteiger partial charge in [0.05, 0.1) is 25.4 Å². The molecule has 2 aliphatic rings. The average molecular weight is 408 g/mol. The Labute approximate surface area is 137 Å². The summed E-state index contributed by atoms with van der Waals surface area (Å²) < 4.78 is 38.7. The van der Waals surface area contributed by atoms with Gasteiger partial charge in [-0.1, -0.05) is 28.7 Å². The van der Waals surface area contributed by atoms with Gasteiger partial charge in [-0.25, -0.2) is 8.78 Å². The molecule has 0 spiro atoms. The Hall–Kier alpha value is -0.270. The van der Waals surface area contributed by atoms with Gasteiger partial charge in [0.25, 0.3) is 0 Å². The summed E-state index contributed by atoms with van der Waals surface area (Å²) in [6, 6.07) is 4.03. The lowest BCUT2D eigenvalue weighted by Crippen LogP contribution is -2.37. The van der Waals surface area contributed by atoms with Gasteiger partial charge in [-0.15, -0.1) is 0 Å². The first-order valence-corrected chi connectivity index (χ1v) is 8.70. The zero-order valence-electron chi connectivity index (χ0n) is 11.7. The van der Waals surface area contributed by atoms with Crippen molar-refractivity contribution in [1.82, 2.24) is 0 Å². The fourth-order valence-corrected chi connectivity index (χ4v) is 3.72. The predicted molar refractivity (Wildman–Crippen MR) is 84.6 cm³/mol. The first-order valence-electron chi connectivity index (χ1n) is 7.45. The Morgan fingerprint density at radius 3 is 2.43 bits per heavy atom. The highest BCUT2D eigenvalue weighted by Gasteiger charge is 2.32. The van der Waals surface area contributed by atoms with Crippen LogP contribution in [0.2, 0.25) is 0 Å². The normalized spacial score (nSPS) is 33.9. The highest BCUT2D eigenvalue weighted by molar-refractivity contribution is 14.1. The maximum absolute atomic E-state index is 13.3. The molecular weight excluding hydrogens is 389 g/mol. The van der Waals surface area contributed by atoms with Crippen LogP contribution >= 0.6 is 22.6 Å². The number of halogens is 3. The molecule has 0 amide bonds. The first-order chi connectivity index (χ1) is 10.1. The van der Waals surface area contributed by atoms with Crippen molar-refractivity contribution in [2.24, 2.45) is 5.92 Å². The van der Waals surface area contributed by atoms with Crippen molar-refractivity contribution >= 4 is 22.6 Å². The van der Waals surface area contributed by atoms with E-state index in [0.717, 1.165) is 31.4 Å². The van der Waals surface area contributed by atoms with Crippen LogP contribution in [0.15, 0.2) is 18.2 Å². The minimum Gasteiger partial charge on any atom is -0.377 e. The summed E-state index contributed by atoms with van der Waals surface area (Å²) in [6.45, 7) is 1.47. The van der Waals surface area contributed by atoms with E-state index in [4.69, 9.17) is 9.47 Å². The molecule has 0 aliphatic carbocycles. The van der Waals surface area contributed by atoms with Gasteiger partial charge in [0, 0.05) is 9.84 Å². The maximum atomic E-state index is 13.3. The van der Waals surface area contributed by atoms with E-state index in [2.05, 4.69) is 22.6 Å². The molecule has 3 rings (SSSR count). The molecule has 0 radical (unpaired) electrons. The zero-order valence-corrected chi connectivity index (χ0v) is 13.9. The lowest BCUT2D eigenvalue weighted by Gasteiger charge is -2.37. The molecule has 21 heavy (non-hydrogen) atoms. The van der Waals surface area contributed by atoms with E-state index in [1.54, 1.807) is 6.07 Å². The van der Waals surface area contributed by atoms with Gasteiger partial charge in [-0.3, -0.25) is 0 Å². The van der Waals surface area contributed by atoms with E-state index < -0.39 is 11.6 Å². The van der Waals surface area contributed by atoms with Gasteiger partial charge in [0.1, 0.15) is 0 Å². The second kappa shape index (κ2) is 6.87. The van der Waals surface area contributed by atoms with Crippen molar-refractivity contribution in [3.05, 3.63) is 35.4 Å². The van der Waals surface area contributed by atoms with Crippen molar-refractivity contribution in [2.75, 3.05) is 13.2 Å². The van der Waals surface area contributed by atoms with Crippen LogP contribution in [0.5, 0.6) is 0 Å². The number of ether oxygens (including phenoxy) is 2. The third kappa shape index (κ3) is 3.74. The van der Waals surface area contributed by atoms with E-state index in [9.17, 15) is 8.78 Å². The lowest BCUT2D eigenvalue weighted by molar-refractivity contribution is -0.0897. The summed E-state index contributed by atoms with van der Waals surface area (Å²) in [5.74, 6) is -1.19. The Morgan fingerprint density at radius 2 is 1.81 bits per heavy atom. The quantitative estimate of drug-likeness (QED) is 0.533. The molecule has 5 heteroatoms. The molecule has 2 aliphatic heterocycles. The molecule has 2 saturated heterocycles. The Kier molecular flexibility index (Phi) is 5.11. The highest BCUT2D eigenvalue weighted by Crippen LogP contribution is 2.35. The van der Waals surface area contributed by atoms with Crippen molar-refractivity contribution in [3.63, 3.8) is 0 Å². The molecule has 2 heterocycles. The Balaban J connectivity index is 1.56. The van der Waals surface area contributed by atoms with E-state index in [-0.39, 0.29) is 6.10 Å². The molecule has 0 saturated carbocycles. The Morgan fingerprint density at radius 1 is 0.952 bits per heavy atom. The van der Waals surface area contributed by atoms with Crippen molar-refractivity contribution in [3.8, 4) is 0 Å². The van der Waals surface area contributed by atoms with E-state index in [1.807, 2.05) is 0 Å². The lowest BCUT2D eigenvalue weighted by atomic mass is 9.88. The van der Waals surface area contributed by atoms with E-state index >= 15 is 0 Å². The summed E-state index contributed by atoms with van der Waals surface area (Å²) in [7, 11) is 0. The van der Waals surface area contributed by atoms with Crippen molar-refractivity contribution in [2.45, 2.75) is 41.8 Å². The van der Waals surface area contributed by atoms with Gasteiger partial charge in [0.15, 0.2) is 11.6 Å². The third-order valence-electron chi connectivity index (χ3n) is 4.41. The summed E-state index contributed by atoms with van der Waals surface area (Å²) >= 11 is 2.43. The van der Waals surface area contributed by atoms with Gasteiger partial charge >= 0.3 is 0 Å². The summed E-state index contributed by atoms with van der Waals surface area (Å²) in [5, 5.41) is 0. The fraction of sp³-hybridized carbons (Fsp3) is 0.625. The van der Waals surface area contributed by atoms with Crippen LogP contribution in [-0.4, -0.2) is 23.2 Å². The standard InChI is InChI=1S/C16H19F2IO2/c17-13-4-1-10(7-14(13)18)15-5-2-11(8-20-15)16-6-3-12(19)9-21-16/h1,4,7,11-12,15-16H,2-3,5-6,8-9H2. The van der Waals surface area contributed by atoms with Crippen LogP contribution in [0, 0.1) is 17.6 Å². The predicted octanol–water partition coefficient (Wildman–Crippen LogP) is 4.42. The smallest absolute Gasteiger partial charge is 0.159 e. The maximum Gasteiger partial charge on any atom is 0.159 e. The Bertz CT molecular complexity index is 481. The number of hydrogen-bond donors (Lipinski definition) is 0. The molecule has 1 aromatic carbocycles. The molecule has 1 aromatic rings. The average Bonchev–Trinajstić information content (AvgIpc) is 2.51. The largest absolute Gasteiger partial charge is 0.377 e. The van der Waals surface area contributed by atoms with Crippen molar-refractivity contribution in [1.29, 1.82) is 0 Å². The van der Waals surface area contributed by atoms with Crippen LogP contribution in [0.3, 0.4) is 0 Å². The minimum absolute atomic E-state index is 0.128. The van der Waals surface area contributed by atoms with Crippen LogP contribution in [-0.2, 0) is 9.47 Å². The monoisotopic (exact) mass is 408 g/mol. The van der Waals surface area contributed by atoms with Gasteiger partial charge in [-0.05, 0) is 43.4 Å². The summed E-state index contributed by atoms with van der Waals surface area (Å²) in [5.41, 5.74) is 0.726. The number of alkyl halides is 1. The van der Waals surface area contributed by atoms with Crippen LogP contribution in [0.1, 0.15) is 37.4 Å². The SMILES string of the molecule is Fc1ccc(C2CCC(C3CCC(I)CO3)CO2)cc1F. The van der Waals surface area contributed by atoms with Gasteiger partial charge < -0.3 is 9.47 Å². The molecule has 0 bridgehead atoms. The molecule has 2 fully saturated rings. The summed E-state index contributed by atoms with van der Waals surface area (Å²) in [4.78, 5) is 0. The number of benzene rings is 1. The van der Waals surface area contributed by atoms with Gasteiger partial charge in [-0.2, -0.15) is 0 Å². The second-order valence-electron chi connectivity index (χ2n) is 5.88.